The number of hydrogen-bond acceptors (Lipinski definition) is 4. The molecule has 2 fully saturated rings. The minimum Gasteiger partial charge on any atom is -0.396 e. The Morgan fingerprint density at radius 3 is 2.47 bits per heavy atom. The maximum Gasteiger partial charge on any atom is 0.151 e. The smallest absolute Gasteiger partial charge is 0.151 e. The van der Waals surface area contributed by atoms with Crippen molar-refractivity contribution in [3.05, 3.63) is 0 Å². The van der Waals surface area contributed by atoms with Gasteiger partial charge in [0.05, 0.1) is 11.5 Å². The average Bonchev–Trinajstić information content (AvgIpc) is 2.86. The second-order valence-corrected chi connectivity index (χ2v) is 8.07. The fourth-order valence-corrected chi connectivity index (χ4v) is 5.08. The second-order valence-electron chi connectivity index (χ2n) is 5.84. The molecular weight excluding hydrogens is 238 g/mol. The Balaban J connectivity index is 1.95. The minimum absolute atomic E-state index is 0.0289. The van der Waals surface area contributed by atoms with Gasteiger partial charge in [0.15, 0.2) is 9.84 Å². The van der Waals surface area contributed by atoms with E-state index in [1.807, 2.05) is 7.05 Å². The quantitative estimate of drug-likeness (QED) is 0.807. The molecule has 0 amide bonds. The molecule has 0 bridgehead atoms. The third-order valence-corrected chi connectivity index (χ3v) is 6.17. The first-order chi connectivity index (χ1) is 7.96. The van der Waals surface area contributed by atoms with Gasteiger partial charge in [0.25, 0.3) is 0 Å². The van der Waals surface area contributed by atoms with Gasteiger partial charge in [-0.05, 0) is 26.3 Å². The molecule has 2 aliphatic rings. The first kappa shape index (κ1) is 13.3. The lowest BCUT2D eigenvalue weighted by Crippen LogP contribution is -2.42. The third-order valence-electron chi connectivity index (χ3n) is 4.42. The molecule has 100 valence electrons. The molecule has 5 heteroatoms. The highest BCUT2D eigenvalue weighted by atomic mass is 32.2. The van der Waals surface area contributed by atoms with E-state index >= 15 is 0 Å². The Bertz CT molecular complexity index is 360. The van der Waals surface area contributed by atoms with Gasteiger partial charge < -0.3 is 10.0 Å². The van der Waals surface area contributed by atoms with E-state index in [0.717, 1.165) is 25.8 Å². The molecule has 2 rings (SSSR count). The van der Waals surface area contributed by atoms with Gasteiger partial charge in [0, 0.05) is 24.6 Å². The Kier molecular flexibility index (Phi) is 3.80. The molecule has 0 aromatic heterocycles. The van der Waals surface area contributed by atoms with Crippen LogP contribution >= 0.6 is 0 Å². The van der Waals surface area contributed by atoms with Crippen molar-refractivity contribution in [1.82, 2.24) is 4.90 Å². The van der Waals surface area contributed by atoms with Gasteiger partial charge in [-0.1, -0.05) is 12.8 Å². The molecule has 0 aromatic rings. The van der Waals surface area contributed by atoms with E-state index in [0.29, 0.717) is 11.5 Å². The van der Waals surface area contributed by atoms with Crippen molar-refractivity contribution >= 4 is 9.84 Å². The predicted octanol–water partition coefficient (Wildman–Crippen LogP) is 0.658. The van der Waals surface area contributed by atoms with Crippen LogP contribution < -0.4 is 0 Å². The summed E-state index contributed by atoms with van der Waals surface area (Å²) in [5.41, 5.74) is 0.0289. The largest absolute Gasteiger partial charge is 0.396 e. The van der Waals surface area contributed by atoms with Crippen LogP contribution in [-0.2, 0) is 9.84 Å². The van der Waals surface area contributed by atoms with Gasteiger partial charge in [-0.15, -0.1) is 0 Å². The first-order valence-corrected chi connectivity index (χ1v) is 8.30. The second kappa shape index (κ2) is 4.86. The van der Waals surface area contributed by atoms with E-state index in [4.69, 9.17) is 0 Å². The molecule has 4 nitrogen and oxygen atoms in total. The van der Waals surface area contributed by atoms with E-state index in [-0.39, 0.29) is 18.1 Å². The zero-order valence-corrected chi connectivity index (χ0v) is 11.4. The molecule has 0 aromatic carbocycles. The average molecular weight is 261 g/mol. The van der Waals surface area contributed by atoms with Crippen LogP contribution in [0.2, 0.25) is 0 Å². The summed E-state index contributed by atoms with van der Waals surface area (Å²) in [6, 6.07) is 0.157. The van der Waals surface area contributed by atoms with Crippen LogP contribution in [0.4, 0.5) is 0 Å². The number of aliphatic hydroxyl groups is 1. The van der Waals surface area contributed by atoms with Gasteiger partial charge in [-0.25, -0.2) is 8.42 Å². The lowest BCUT2D eigenvalue weighted by molar-refractivity contribution is 0.0758. The Morgan fingerprint density at radius 1 is 1.35 bits per heavy atom. The minimum atomic E-state index is -2.80. The lowest BCUT2D eigenvalue weighted by Gasteiger charge is -2.34. The molecule has 1 saturated heterocycles. The molecule has 1 aliphatic carbocycles. The molecular formula is C12H23NO3S. The lowest BCUT2D eigenvalue weighted by atomic mass is 9.86. The SMILES string of the molecule is CN(CC1(CO)CCCC1)C1CCS(=O)(=O)C1. The summed E-state index contributed by atoms with van der Waals surface area (Å²) in [7, 11) is -0.804. The summed E-state index contributed by atoms with van der Waals surface area (Å²) in [4.78, 5) is 2.16. The van der Waals surface area contributed by atoms with Crippen molar-refractivity contribution in [3.8, 4) is 0 Å². The van der Waals surface area contributed by atoms with Crippen LogP contribution in [0.1, 0.15) is 32.1 Å². The molecule has 0 spiro atoms. The van der Waals surface area contributed by atoms with E-state index in [9.17, 15) is 13.5 Å². The summed E-state index contributed by atoms with van der Waals surface area (Å²) in [6.45, 7) is 1.07. The van der Waals surface area contributed by atoms with Gasteiger partial charge >= 0.3 is 0 Å². The van der Waals surface area contributed by atoms with Crippen molar-refractivity contribution in [2.45, 2.75) is 38.1 Å². The van der Waals surface area contributed by atoms with Gasteiger partial charge in [-0.2, -0.15) is 0 Å². The first-order valence-electron chi connectivity index (χ1n) is 6.48. The number of hydrogen-bond donors (Lipinski definition) is 1. The molecule has 0 radical (unpaired) electrons. The van der Waals surface area contributed by atoms with Gasteiger partial charge in [0.1, 0.15) is 0 Å². The fourth-order valence-electron chi connectivity index (χ4n) is 3.27. The highest BCUT2D eigenvalue weighted by Crippen LogP contribution is 2.38. The maximum absolute atomic E-state index is 11.5. The Labute approximate surface area is 104 Å². The maximum atomic E-state index is 11.5. The van der Waals surface area contributed by atoms with Crippen molar-refractivity contribution in [2.24, 2.45) is 5.41 Å². The number of aliphatic hydroxyl groups excluding tert-OH is 1. The predicted molar refractivity (Wildman–Crippen MR) is 67.7 cm³/mol. The fraction of sp³-hybridized carbons (Fsp3) is 1.00. The molecule has 1 N–H and O–H groups in total. The van der Waals surface area contributed by atoms with E-state index in [2.05, 4.69) is 4.90 Å². The van der Waals surface area contributed by atoms with Crippen LogP contribution in [0.3, 0.4) is 0 Å². The van der Waals surface area contributed by atoms with Crippen LogP contribution in [0.15, 0.2) is 0 Å². The summed E-state index contributed by atoms with van der Waals surface area (Å²) < 4.78 is 22.9. The van der Waals surface area contributed by atoms with Crippen molar-refractivity contribution in [2.75, 3.05) is 31.7 Å². The van der Waals surface area contributed by atoms with Gasteiger partial charge in [-0.3, -0.25) is 0 Å². The van der Waals surface area contributed by atoms with E-state index in [1.54, 1.807) is 0 Å². The normalized spacial score (nSPS) is 31.1. The van der Waals surface area contributed by atoms with Crippen LogP contribution in [-0.4, -0.2) is 56.2 Å². The zero-order valence-electron chi connectivity index (χ0n) is 10.6. The topological polar surface area (TPSA) is 57.6 Å². The van der Waals surface area contributed by atoms with Crippen molar-refractivity contribution < 1.29 is 13.5 Å². The van der Waals surface area contributed by atoms with Crippen molar-refractivity contribution in [1.29, 1.82) is 0 Å². The summed E-state index contributed by atoms with van der Waals surface area (Å²) in [5, 5.41) is 9.57. The van der Waals surface area contributed by atoms with E-state index in [1.165, 1.54) is 12.8 Å². The molecule has 17 heavy (non-hydrogen) atoms. The Morgan fingerprint density at radius 2 is 2.00 bits per heavy atom. The molecule has 1 unspecified atom stereocenters. The van der Waals surface area contributed by atoms with Gasteiger partial charge in [0.2, 0.25) is 0 Å². The van der Waals surface area contributed by atoms with Crippen LogP contribution in [0.25, 0.3) is 0 Å². The number of sulfone groups is 1. The Hall–Kier alpha value is -0.130. The highest BCUT2D eigenvalue weighted by Gasteiger charge is 2.38. The van der Waals surface area contributed by atoms with Crippen molar-refractivity contribution in [3.63, 3.8) is 0 Å². The summed E-state index contributed by atoms with van der Waals surface area (Å²) >= 11 is 0. The number of nitrogens with zero attached hydrogens (tertiary/aromatic N) is 1. The molecule has 1 heterocycles. The van der Waals surface area contributed by atoms with E-state index < -0.39 is 9.84 Å². The number of rotatable bonds is 4. The van der Waals surface area contributed by atoms with Crippen LogP contribution in [0, 0.1) is 5.41 Å². The monoisotopic (exact) mass is 261 g/mol. The standard InChI is InChI=1S/C12H23NO3S/c1-13(11-4-7-17(15,16)8-11)9-12(10-14)5-2-3-6-12/h11,14H,2-10H2,1H3. The molecule has 1 saturated carbocycles. The zero-order chi connectivity index (χ0) is 12.5. The third kappa shape index (κ3) is 3.01. The molecule has 1 aliphatic heterocycles. The molecule has 1 atom stereocenters. The summed E-state index contributed by atoms with van der Waals surface area (Å²) in [6.07, 6.45) is 5.29. The summed E-state index contributed by atoms with van der Waals surface area (Å²) in [5.74, 6) is 0.624. The van der Waals surface area contributed by atoms with Crippen LogP contribution in [0.5, 0.6) is 0 Å². The highest BCUT2D eigenvalue weighted by molar-refractivity contribution is 7.91.